The van der Waals surface area contributed by atoms with Crippen molar-refractivity contribution in [3.63, 3.8) is 0 Å². The number of likely N-dealkylation sites (N-methyl/N-ethyl adjacent to an activating group) is 1. The molecule has 24 heavy (non-hydrogen) atoms. The number of furan rings is 1. The average Bonchev–Trinajstić information content (AvgIpc) is 3.17. The number of hydrogen-bond acceptors (Lipinski definition) is 6. The largest absolute Gasteiger partial charge is 0.437 e. The fourth-order valence-electron chi connectivity index (χ4n) is 2.93. The summed E-state index contributed by atoms with van der Waals surface area (Å²) in [7, 11) is 1.74. The van der Waals surface area contributed by atoms with Crippen LogP contribution in [-0.2, 0) is 4.84 Å². The van der Waals surface area contributed by atoms with Crippen molar-refractivity contribution in [2.45, 2.75) is 18.7 Å². The molecule has 1 N–H and O–H groups in total. The molecule has 1 aliphatic heterocycles. The van der Waals surface area contributed by atoms with Crippen LogP contribution >= 0.6 is 0 Å². The van der Waals surface area contributed by atoms with Gasteiger partial charge in [-0.15, -0.1) is 0 Å². The van der Waals surface area contributed by atoms with E-state index in [-0.39, 0.29) is 12.6 Å². The number of hydroxylamine groups is 2. The summed E-state index contributed by atoms with van der Waals surface area (Å²) in [5.74, 6) is 0.660. The third-order valence-electron chi connectivity index (χ3n) is 4.29. The maximum Gasteiger partial charge on any atom is 0.353 e. The summed E-state index contributed by atoms with van der Waals surface area (Å²) in [6.45, 7) is -0.0265. The van der Waals surface area contributed by atoms with Crippen LogP contribution in [0.4, 0.5) is 0 Å². The van der Waals surface area contributed by atoms with Crippen molar-refractivity contribution in [3.05, 3.63) is 53.1 Å². The highest BCUT2D eigenvalue weighted by Gasteiger charge is 2.32. The van der Waals surface area contributed by atoms with Crippen LogP contribution in [0.2, 0.25) is 0 Å². The standard InChI is InChI=1S/C17H17N3O4/c1-19-13(10-21)8-15(24-19)20-9-12-7-14(11-5-3-2-4-6-11)23-16(12)18-17(20)22/h2-7,9,13,15,21H,8,10H2,1H3/t13-,15+/m1/s1. The normalized spacial score (nSPS) is 21.6. The van der Waals surface area contributed by atoms with Crippen LogP contribution in [0.15, 0.2) is 51.8 Å². The van der Waals surface area contributed by atoms with Crippen LogP contribution < -0.4 is 5.69 Å². The molecular weight excluding hydrogens is 310 g/mol. The molecule has 0 unspecified atom stereocenters. The van der Waals surface area contributed by atoms with E-state index < -0.39 is 11.9 Å². The molecule has 0 bridgehead atoms. The highest BCUT2D eigenvalue weighted by molar-refractivity contribution is 5.79. The summed E-state index contributed by atoms with van der Waals surface area (Å²) in [6.07, 6.45) is 1.73. The Kier molecular flexibility index (Phi) is 3.68. The number of aliphatic hydroxyl groups is 1. The summed E-state index contributed by atoms with van der Waals surface area (Å²) < 4.78 is 7.14. The molecule has 2 aromatic heterocycles. The molecule has 7 nitrogen and oxygen atoms in total. The van der Waals surface area contributed by atoms with Crippen LogP contribution in [0, 0.1) is 0 Å². The Morgan fingerprint density at radius 1 is 1.33 bits per heavy atom. The van der Waals surface area contributed by atoms with Crippen molar-refractivity contribution in [2.24, 2.45) is 0 Å². The molecule has 124 valence electrons. The molecule has 0 radical (unpaired) electrons. The molecule has 3 heterocycles. The van der Waals surface area contributed by atoms with Crippen molar-refractivity contribution < 1.29 is 14.4 Å². The summed E-state index contributed by atoms with van der Waals surface area (Å²) in [4.78, 5) is 22.0. The molecule has 1 aliphatic rings. The van der Waals surface area contributed by atoms with Gasteiger partial charge in [-0.25, -0.2) is 4.79 Å². The molecule has 1 fully saturated rings. The fourth-order valence-corrected chi connectivity index (χ4v) is 2.93. The quantitative estimate of drug-likeness (QED) is 0.790. The molecular formula is C17H17N3O4. The van der Waals surface area contributed by atoms with Crippen molar-refractivity contribution in [2.75, 3.05) is 13.7 Å². The van der Waals surface area contributed by atoms with Gasteiger partial charge in [-0.1, -0.05) is 30.3 Å². The second-order valence-corrected chi connectivity index (χ2v) is 5.85. The summed E-state index contributed by atoms with van der Waals surface area (Å²) in [5.41, 5.74) is 0.792. The van der Waals surface area contributed by atoms with Gasteiger partial charge >= 0.3 is 5.69 Å². The lowest BCUT2D eigenvalue weighted by Gasteiger charge is -2.14. The third kappa shape index (κ3) is 2.52. The van der Waals surface area contributed by atoms with Gasteiger partial charge in [0.25, 0.3) is 0 Å². The Labute approximate surface area is 137 Å². The zero-order valence-corrected chi connectivity index (χ0v) is 13.1. The first-order chi connectivity index (χ1) is 11.7. The first-order valence-corrected chi connectivity index (χ1v) is 7.74. The van der Waals surface area contributed by atoms with Gasteiger partial charge in [-0.05, 0) is 6.07 Å². The van der Waals surface area contributed by atoms with Crippen LogP contribution in [0.3, 0.4) is 0 Å². The van der Waals surface area contributed by atoms with Crippen LogP contribution in [0.5, 0.6) is 0 Å². The number of aromatic nitrogens is 2. The van der Waals surface area contributed by atoms with E-state index in [1.54, 1.807) is 18.3 Å². The fraction of sp³-hybridized carbons (Fsp3) is 0.294. The van der Waals surface area contributed by atoms with Gasteiger partial charge in [-0.2, -0.15) is 10.0 Å². The topological polar surface area (TPSA) is 80.7 Å². The number of fused-ring (bicyclic) bond motifs is 1. The van der Waals surface area contributed by atoms with E-state index in [9.17, 15) is 9.90 Å². The molecule has 0 saturated carbocycles. The Hall–Kier alpha value is -2.48. The van der Waals surface area contributed by atoms with E-state index in [2.05, 4.69) is 4.98 Å². The molecule has 4 rings (SSSR count). The number of aliphatic hydroxyl groups excluding tert-OH is 1. The lowest BCUT2D eigenvalue weighted by atomic mass is 10.2. The monoisotopic (exact) mass is 327 g/mol. The van der Waals surface area contributed by atoms with E-state index in [1.807, 2.05) is 36.4 Å². The number of rotatable bonds is 3. The minimum atomic E-state index is -0.480. The first-order valence-electron chi connectivity index (χ1n) is 7.74. The summed E-state index contributed by atoms with van der Waals surface area (Å²) in [5, 5.41) is 11.6. The number of benzene rings is 1. The van der Waals surface area contributed by atoms with E-state index >= 15 is 0 Å². The van der Waals surface area contributed by atoms with E-state index in [0.29, 0.717) is 17.9 Å². The van der Waals surface area contributed by atoms with Crippen molar-refractivity contribution in [1.29, 1.82) is 0 Å². The van der Waals surface area contributed by atoms with E-state index in [0.717, 1.165) is 10.9 Å². The zero-order chi connectivity index (χ0) is 16.7. The molecule has 0 spiro atoms. The molecule has 0 amide bonds. The number of nitrogens with zero attached hydrogens (tertiary/aromatic N) is 3. The predicted octanol–water partition coefficient (Wildman–Crippen LogP) is 1.78. The maximum atomic E-state index is 12.3. The molecule has 2 atom stereocenters. The van der Waals surface area contributed by atoms with Gasteiger partial charge in [0.15, 0.2) is 6.23 Å². The maximum absolute atomic E-state index is 12.3. The Morgan fingerprint density at radius 3 is 2.83 bits per heavy atom. The first kappa shape index (κ1) is 15.1. The van der Waals surface area contributed by atoms with Crippen LogP contribution in [-0.4, -0.2) is 39.4 Å². The van der Waals surface area contributed by atoms with Crippen molar-refractivity contribution in [1.82, 2.24) is 14.6 Å². The van der Waals surface area contributed by atoms with Gasteiger partial charge in [0.05, 0.1) is 18.0 Å². The summed E-state index contributed by atoms with van der Waals surface area (Å²) >= 11 is 0. The van der Waals surface area contributed by atoms with E-state index in [1.165, 1.54) is 4.57 Å². The van der Waals surface area contributed by atoms with E-state index in [4.69, 9.17) is 9.25 Å². The Morgan fingerprint density at radius 2 is 2.12 bits per heavy atom. The molecule has 3 aromatic rings. The van der Waals surface area contributed by atoms with Crippen molar-refractivity contribution in [3.8, 4) is 11.3 Å². The van der Waals surface area contributed by atoms with Gasteiger partial charge in [-0.3, -0.25) is 9.40 Å². The van der Waals surface area contributed by atoms with Crippen LogP contribution in [0.25, 0.3) is 22.4 Å². The lowest BCUT2D eigenvalue weighted by Crippen LogP contribution is -2.27. The van der Waals surface area contributed by atoms with Gasteiger partial charge in [0, 0.05) is 25.2 Å². The van der Waals surface area contributed by atoms with Crippen LogP contribution in [0.1, 0.15) is 12.6 Å². The average molecular weight is 327 g/mol. The lowest BCUT2D eigenvalue weighted by molar-refractivity contribution is -0.170. The minimum Gasteiger partial charge on any atom is -0.437 e. The highest BCUT2D eigenvalue weighted by atomic mass is 16.7. The second-order valence-electron chi connectivity index (χ2n) is 5.85. The second kappa shape index (κ2) is 5.86. The van der Waals surface area contributed by atoms with Gasteiger partial charge in [0.2, 0.25) is 5.71 Å². The molecule has 1 saturated heterocycles. The third-order valence-corrected chi connectivity index (χ3v) is 4.29. The molecule has 0 aliphatic carbocycles. The number of hydrogen-bond donors (Lipinski definition) is 1. The summed E-state index contributed by atoms with van der Waals surface area (Å²) in [6, 6.07) is 11.4. The molecule has 1 aromatic carbocycles. The smallest absolute Gasteiger partial charge is 0.353 e. The minimum absolute atomic E-state index is 0.0265. The SMILES string of the molecule is CN1O[C@H](n2cc3cc(-c4ccccc4)oc3nc2=O)C[C@@H]1CO. The Balaban J connectivity index is 1.74. The van der Waals surface area contributed by atoms with Gasteiger partial charge in [0.1, 0.15) is 5.76 Å². The zero-order valence-electron chi connectivity index (χ0n) is 13.1. The molecule has 7 heteroatoms. The van der Waals surface area contributed by atoms with Gasteiger partial charge < -0.3 is 9.52 Å². The predicted molar refractivity (Wildman–Crippen MR) is 87.1 cm³/mol. The Bertz CT molecular complexity index is 918. The highest BCUT2D eigenvalue weighted by Crippen LogP contribution is 2.29. The van der Waals surface area contributed by atoms with Crippen molar-refractivity contribution >= 4 is 11.1 Å².